The van der Waals surface area contributed by atoms with E-state index in [2.05, 4.69) is 35.9 Å². The maximum Gasteiger partial charge on any atom is 0.324 e. The highest BCUT2D eigenvalue weighted by Crippen LogP contribution is 2.40. The van der Waals surface area contributed by atoms with Gasteiger partial charge in [0, 0.05) is 24.6 Å². The number of nitrogens with zero attached hydrogens (tertiary/aromatic N) is 2. The van der Waals surface area contributed by atoms with Crippen molar-refractivity contribution >= 4 is 37.3 Å². The van der Waals surface area contributed by atoms with Gasteiger partial charge in [-0.3, -0.25) is 9.80 Å². The van der Waals surface area contributed by atoms with Gasteiger partial charge in [-0.05, 0) is 13.8 Å². The molecule has 0 aromatic rings. The number of fused-ring (bicyclic) bond motifs is 1. The summed E-state index contributed by atoms with van der Waals surface area (Å²) in [6.07, 6.45) is 0. The molecule has 0 aromatic heterocycles. The van der Waals surface area contributed by atoms with E-state index in [1.54, 1.807) is 9.80 Å². The molecule has 2 aliphatic rings. The molecule has 102 valence electrons. The fourth-order valence-electron chi connectivity index (χ4n) is 2.74. The van der Waals surface area contributed by atoms with Crippen molar-refractivity contribution in [3.8, 4) is 0 Å². The van der Waals surface area contributed by atoms with E-state index in [0.717, 1.165) is 0 Å². The molecule has 2 fully saturated rings. The third-order valence-electron chi connectivity index (χ3n) is 3.85. The summed E-state index contributed by atoms with van der Waals surface area (Å²) in [5, 5.41) is 5.68. The molecule has 2 rings (SSSR count). The summed E-state index contributed by atoms with van der Waals surface area (Å²) in [4.78, 5) is 27.4. The zero-order valence-electron chi connectivity index (χ0n) is 10.4. The van der Waals surface area contributed by atoms with Gasteiger partial charge in [-0.2, -0.15) is 25.3 Å². The number of thiol groups is 2. The van der Waals surface area contributed by atoms with Crippen LogP contribution in [0.5, 0.6) is 0 Å². The molecule has 2 saturated heterocycles. The second-order valence-corrected chi connectivity index (χ2v) is 5.65. The fourth-order valence-corrected chi connectivity index (χ4v) is 3.14. The van der Waals surface area contributed by atoms with E-state index in [-0.39, 0.29) is 12.1 Å². The highest BCUT2D eigenvalue weighted by Gasteiger charge is 2.67. The van der Waals surface area contributed by atoms with E-state index in [1.165, 1.54) is 0 Å². The SMILES string of the molecule is CC12NC(=O)NC1(C)N(CCS)C(=O)N2CCS. The number of hydrogen-bond acceptors (Lipinski definition) is 4. The fraction of sp³-hybridized carbons (Fsp3) is 0.800. The second-order valence-electron chi connectivity index (χ2n) is 4.76. The van der Waals surface area contributed by atoms with Crippen molar-refractivity contribution in [1.29, 1.82) is 0 Å². The van der Waals surface area contributed by atoms with Crippen LogP contribution < -0.4 is 10.6 Å². The van der Waals surface area contributed by atoms with Gasteiger partial charge in [-0.1, -0.05) is 0 Å². The summed E-state index contributed by atoms with van der Waals surface area (Å²) in [5.41, 5.74) is -1.51. The zero-order chi connectivity index (χ0) is 13.6. The van der Waals surface area contributed by atoms with Crippen molar-refractivity contribution in [1.82, 2.24) is 20.4 Å². The number of carbonyl (C=O) groups is 2. The minimum Gasteiger partial charge on any atom is -0.311 e. The van der Waals surface area contributed by atoms with Crippen molar-refractivity contribution in [2.75, 3.05) is 24.6 Å². The predicted molar refractivity (Wildman–Crippen MR) is 75.0 cm³/mol. The summed E-state index contributed by atoms with van der Waals surface area (Å²) >= 11 is 8.35. The van der Waals surface area contributed by atoms with E-state index in [0.29, 0.717) is 24.6 Å². The first-order valence-electron chi connectivity index (χ1n) is 5.82. The van der Waals surface area contributed by atoms with Crippen LogP contribution in [-0.2, 0) is 0 Å². The van der Waals surface area contributed by atoms with Crippen LogP contribution in [0.4, 0.5) is 9.59 Å². The summed E-state index contributed by atoms with van der Waals surface area (Å²) < 4.78 is 0. The average Bonchev–Trinajstić information content (AvgIpc) is 2.60. The number of urea groups is 2. The van der Waals surface area contributed by atoms with Gasteiger partial charge in [-0.25, -0.2) is 9.59 Å². The van der Waals surface area contributed by atoms with Crippen molar-refractivity contribution in [3.63, 3.8) is 0 Å². The molecule has 6 nitrogen and oxygen atoms in total. The van der Waals surface area contributed by atoms with Crippen LogP contribution in [0.25, 0.3) is 0 Å². The van der Waals surface area contributed by atoms with Gasteiger partial charge in [-0.15, -0.1) is 0 Å². The Kier molecular flexibility index (Phi) is 3.35. The Morgan fingerprint density at radius 2 is 1.39 bits per heavy atom. The third-order valence-corrected chi connectivity index (χ3v) is 4.25. The van der Waals surface area contributed by atoms with Crippen LogP contribution >= 0.6 is 25.3 Å². The average molecular weight is 290 g/mol. The molecule has 2 atom stereocenters. The van der Waals surface area contributed by atoms with Gasteiger partial charge in [0.25, 0.3) is 0 Å². The molecule has 2 aliphatic heterocycles. The number of carbonyl (C=O) groups excluding carboxylic acids is 2. The smallest absolute Gasteiger partial charge is 0.311 e. The number of hydrogen-bond donors (Lipinski definition) is 4. The second kappa shape index (κ2) is 4.41. The molecule has 18 heavy (non-hydrogen) atoms. The zero-order valence-corrected chi connectivity index (χ0v) is 12.2. The Morgan fingerprint density at radius 1 is 1.00 bits per heavy atom. The van der Waals surface area contributed by atoms with Gasteiger partial charge in [0.2, 0.25) is 0 Å². The lowest BCUT2D eigenvalue weighted by Crippen LogP contribution is -2.64. The van der Waals surface area contributed by atoms with Crippen molar-refractivity contribution < 1.29 is 9.59 Å². The third kappa shape index (κ3) is 1.58. The van der Waals surface area contributed by atoms with E-state index >= 15 is 0 Å². The number of rotatable bonds is 4. The number of nitrogens with one attached hydrogen (secondary N) is 2. The Labute approximate surface area is 117 Å². The molecule has 2 unspecified atom stereocenters. The summed E-state index contributed by atoms with van der Waals surface area (Å²) in [7, 11) is 0. The van der Waals surface area contributed by atoms with E-state index < -0.39 is 11.3 Å². The van der Waals surface area contributed by atoms with Crippen LogP contribution in [0.15, 0.2) is 0 Å². The van der Waals surface area contributed by atoms with Crippen molar-refractivity contribution in [2.24, 2.45) is 0 Å². The molecule has 0 bridgehead atoms. The molecule has 8 heteroatoms. The minimum atomic E-state index is -0.757. The molecule has 2 N–H and O–H groups in total. The van der Waals surface area contributed by atoms with E-state index in [9.17, 15) is 9.59 Å². The molecule has 0 aromatic carbocycles. The maximum atomic E-state index is 12.4. The topological polar surface area (TPSA) is 64.7 Å². The first kappa shape index (κ1) is 13.7. The van der Waals surface area contributed by atoms with Gasteiger partial charge in [0.1, 0.15) is 0 Å². The van der Waals surface area contributed by atoms with Crippen LogP contribution in [0.2, 0.25) is 0 Å². The molecule has 2 heterocycles. The lowest BCUT2D eigenvalue weighted by Gasteiger charge is -2.38. The standard InChI is InChI=1S/C10H18N4O2S2/c1-9-10(2,12-7(15)11-9)14(4-6-18)8(16)13(9)3-5-17/h17-18H,3-6H2,1-2H3,(H2,11,12,15). The highest BCUT2D eigenvalue weighted by molar-refractivity contribution is 7.80. The minimum absolute atomic E-state index is 0.101. The molecule has 0 saturated carbocycles. The van der Waals surface area contributed by atoms with E-state index in [4.69, 9.17) is 0 Å². The van der Waals surface area contributed by atoms with Crippen LogP contribution in [0.3, 0.4) is 0 Å². The molecular formula is C10H18N4O2S2. The Bertz CT molecular complexity index is 362. The maximum absolute atomic E-state index is 12.4. The summed E-state index contributed by atoms with van der Waals surface area (Å²) in [5.74, 6) is 1.09. The van der Waals surface area contributed by atoms with Crippen LogP contribution in [0.1, 0.15) is 13.8 Å². The van der Waals surface area contributed by atoms with E-state index in [1.807, 2.05) is 13.8 Å². The molecule has 0 spiro atoms. The summed E-state index contributed by atoms with van der Waals surface area (Å²) in [6, 6.07) is -0.364. The molecule has 4 amide bonds. The van der Waals surface area contributed by atoms with Gasteiger partial charge in [0.05, 0.1) is 0 Å². The van der Waals surface area contributed by atoms with Crippen LogP contribution in [0, 0.1) is 0 Å². The quantitative estimate of drug-likeness (QED) is 0.564. The van der Waals surface area contributed by atoms with Gasteiger partial charge >= 0.3 is 12.1 Å². The lowest BCUT2D eigenvalue weighted by molar-refractivity contribution is 0.0828. The molecule has 0 radical (unpaired) electrons. The van der Waals surface area contributed by atoms with Crippen LogP contribution in [-0.4, -0.2) is 57.8 Å². The first-order valence-corrected chi connectivity index (χ1v) is 7.08. The lowest BCUT2D eigenvalue weighted by atomic mass is 9.98. The molecular weight excluding hydrogens is 272 g/mol. The predicted octanol–water partition coefficient (Wildman–Crippen LogP) is 0.329. The normalized spacial score (nSPS) is 34.7. The molecule has 0 aliphatic carbocycles. The Hall–Kier alpha value is -0.760. The van der Waals surface area contributed by atoms with Crippen molar-refractivity contribution in [2.45, 2.75) is 25.2 Å². The van der Waals surface area contributed by atoms with Crippen molar-refractivity contribution in [3.05, 3.63) is 0 Å². The largest absolute Gasteiger partial charge is 0.324 e. The monoisotopic (exact) mass is 290 g/mol. The number of amides is 4. The Balaban J connectivity index is 2.42. The summed E-state index contributed by atoms with van der Waals surface area (Å²) in [6.45, 7) is 4.67. The first-order chi connectivity index (χ1) is 8.40. The Morgan fingerprint density at radius 3 is 1.72 bits per heavy atom. The van der Waals surface area contributed by atoms with Gasteiger partial charge in [0.15, 0.2) is 11.3 Å². The van der Waals surface area contributed by atoms with Gasteiger partial charge < -0.3 is 10.6 Å². The highest BCUT2D eigenvalue weighted by atomic mass is 32.1.